The summed E-state index contributed by atoms with van der Waals surface area (Å²) >= 11 is 0. The molecule has 1 fully saturated rings. The highest BCUT2D eigenvalue weighted by Crippen LogP contribution is 2.51. The van der Waals surface area contributed by atoms with Crippen molar-refractivity contribution in [3.63, 3.8) is 0 Å². The first-order valence-electron chi connectivity index (χ1n) is 5.95. The summed E-state index contributed by atoms with van der Waals surface area (Å²) in [5.74, 6) is 2.07. The molecule has 1 saturated carbocycles. The van der Waals surface area contributed by atoms with Gasteiger partial charge in [0.05, 0.1) is 11.8 Å². The molecule has 0 spiro atoms. The monoisotopic (exact) mass is 235 g/mol. The largest absolute Gasteiger partial charge is 0.534 e. The molecule has 3 nitrogen and oxygen atoms in total. The summed E-state index contributed by atoms with van der Waals surface area (Å²) in [6.45, 7) is 6.41. The summed E-state index contributed by atoms with van der Waals surface area (Å²) in [5.41, 5.74) is 0. The van der Waals surface area contributed by atoms with E-state index in [1.807, 2.05) is 0 Å². The van der Waals surface area contributed by atoms with Gasteiger partial charge in [-0.25, -0.2) is 0 Å². The molecule has 0 aromatic carbocycles. The van der Waals surface area contributed by atoms with Crippen LogP contribution in [0.15, 0.2) is 17.1 Å². The topological polar surface area (TPSA) is 38.7 Å². The van der Waals surface area contributed by atoms with E-state index in [9.17, 15) is 4.79 Å². The number of nitrogens with zero attached hydrogens (tertiary/aromatic N) is 1. The van der Waals surface area contributed by atoms with Crippen LogP contribution in [0.5, 0.6) is 0 Å². The Morgan fingerprint density at radius 1 is 1.25 bits per heavy atom. The maximum Gasteiger partial charge on any atom is 0.253 e. The average molecular weight is 235 g/mol. The fourth-order valence-electron chi connectivity index (χ4n) is 3.16. The van der Waals surface area contributed by atoms with E-state index in [0.29, 0.717) is 11.8 Å². The van der Waals surface area contributed by atoms with Crippen LogP contribution in [-0.2, 0) is 9.22 Å². The van der Waals surface area contributed by atoms with Crippen molar-refractivity contribution in [3.8, 4) is 0 Å². The minimum absolute atomic E-state index is 0.0510. The van der Waals surface area contributed by atoms with Crippen molar-refractivity contribution in [2.24, 2.45) is 28.7 Å². The van der Waals surface area contributed by atoms with E-state index in [2.05, 4.69) is 36.8 Å². The molecule has 4 atom stereocenters. The number of hydrogen-bond acceptors (Lipinski definition) is 2. The van der Waals surface area contributed by atoms with Crippen molar-refractivity contribution in [1.29, 1.82) is 0 Å². The molecular formula is C12H17NO2Si. The molecule has 2 aliphatic carbocycles. The quantitative estimate of drug-likeness (QED) is 0.516. The lowest BCUT2D eigenvalue weighted by Gasteiger charge is -2.25. The van der Waals surface area contributed by atoms with E-state index in [0.717, 1.165) is 12.3 Å². The van der Waals surface area contributed by atoms with Gasteiger partial charge >= 0.3 is 0 Å². The third-order valence-corrected chi connectivity index (χ3v) is 4.48. The maximum absolute atomic E-state index is 11.9. The molecule has 0 radical (unpaired) electrons. The standard InChI is InChI=1S/C12H17NO2Si/c1-16(2,3)15-12-10-8-5-4-7(6-8)9(10)11(14)13-12/h4-5,7-10H,6H2,1-3H3. The zero-order valence-electron chi connectivity index (χ0n) is 9.93. The lowest BCUT2D eigenvalue weighted by atomic mass is 9.85. The van der Waals surface area contributed by atoms with Crippen LogP contribution in [0, 0.1) is 23.7 Å². The van der Waals surface area contributed by atoms with Crippen LogP contribution in [0.1, 0.15) is 6.42 Å². The van der Waals surface area contributed by atoms with Crippen molar-refractivity contribution >= 4 is 20.1 Å². The molecule has 1 aliphatic heterocycles. The summed E-state index contributed by atoms with van der Waals surface area (Å²) in [6, 6.07) is 0. The van der Waals surface area contributed by atoms with Crippen LogP contribution in [0.4, 0.5) is 0 Å². The summed E-state index contributed by atoms with van der Waals surface area (Å²) in [5, 5.41) is 0. The molecule has 3 aliphatic rings. The van der Waals surface area contributed by atoms with E-state index >= 15 is 0 Å². The molecule has 86 valence electrons. The molecule has 1 amide bonds. The van der Waals surface area contributed by atoms with Gasteiger partial charge < -0.3 is 4.43 Å². The molecule has 16 heavy (non-hydrogen) atoms. The van der Waals surface area contributed by atoms with Gasteiger partial charge in [0.2, 0.25) is 8.32 Å². The maximum atomic E-state index is 11.9. The van der Waals surface area contributed by atoms with Gasteiger partial charge in [0, 0.05) is 0 Å². The zero-order chi connectivity index (χ0) is 11.5. The SMILES string of the molecule is C[Si](C)(C)OC1=NC(=O)C2C3C=CC(C3)C12. The molecule has 4 heteroatoms. The Balaban J connectivity index is 1.89. The van der Waals surface area contributed by atoms with E-state index in [-0.39, 0.29) is 17.7 Å². The molecule has 2 bridgehead atoms. The Kier molecular flexibility index (Phi) is 1.96. The van der Waals surface area contributed by atoms with Crippen LogP contribution >= 0.6 is 0 Å². The van der Waals surface area contributed by atoms with E-state index < -0.39 is 8.32 Å². The predicted molar refractivity (Wildman–Crippen MR) is 64.6 cm³/mol. The Labute approximate surface area is 96.7 Å². The van der Waals surface area contributed by atoms with Gasteiger partial charge in [-0.1, -0.05) is 12.2 Å². The molecular weight excluding hydrogens is 218 g/mol. The van der Waals surface area contributed by atoms with Gasteiger partial charge in [-0.3, -0.25) is 4.79 Å². The van der Waals surface area contributed by atoms with Crippen molar-refractivity contribution in [2.45, 2.75) is 26.1 Å². The second-order valence-electron chi connectivity index (χ2n) is 6.00. The van der Waals surface area contributed by atoms with Crippen molar-refractivity contribution in [3.05, 3.63) is 12.2 Å². The lowest BCUT2D eigenvalue weighted by molar-refractivity contribution is -0.121. The minimum Gasteiger partial charge on any atom is -0.534 e. The molecule has 3 rings (SSSR count). The van der Waals surface area contributed by atoms with Crippen molar-refractivity contribution in [1.82, 2.24) is 0 Å². The number of fused-ring (bicyclic) bond motifs is 5. The fraction of sp³-hybridized carbons (Fsp3) is 0.667. The van der Waals surface area contributed by atoms with E-state index in [1.165, 1.54) is 0 Å². The first kappa shape index (κ1) is 10.3. The summed E-state index contributed by atoms with van der Waals surface area (Å²) in [4.78, 5) is 16.0. The number of hydrogen-bond donors (Lipinski definition) is 0. The zero-order valence-corrected chi connectivity index (χ0v) is 10.9. The number of aliphatic imine (C=N–C) groups is 1. The fourth-order valence-corrected chi connectivity index (χ4v) is 3.97. The first-order valence-corrected chi connectivity index (χ1v) is 9.36. The van der Waals surface area contributed by atoms with Gasteiger partial charge in [0.25, 0.3) is 5.91 Å². The Morgan fingerprint density at radius 2 is 1.88 bits per heavy atom. The summed E-state index contributed by atoms with van der Waals surface area (Å²) in [6.07, 6.45) is 5.55. The van der Waals surface area contributed by atoms with Crippen LogP contribution in [0.25, 0.3) is 0 Å². The second-order valence-corrected chi connectivity index (χ2v) is 10.4. The average Bonchev–Trinajstić information content (AvgIpc) is 2.76. The molecule has 0 aromatic heterocycles. The van der Waals surface area contributed by atoms with Gasteiger partial charge in [0.15, 0.2) is 5.90 Å². The summed E-state index contributed by atoms with van der Waals surface area (Å²) < 4.78 is 5.97. The van der Waals surface area contributed by atoms with Crippen LogP contribution in [0.3, 0.4) is 0 Å². The van der Waals surface area contributed by atoms with Gasteiger partial charge in [-0.05, 0) is 37.9 Å². The third kappa shape index (κ3) is 1.39. The van der Waals surface area contributed by atoms with Crippen molar-refractivity contribution < 1.29 is 9.22 Å². The first-order chi connectivity index (χ1) is 7.46. The van der Waals surface area contributed by atoms with Gasteiger partial charge in [0.1, 0.15) is 0 Å². The highest BCUT2D eigenvalue weighted by atomic mass is 28.4. The molecule has 4 unspecified atom stereocenters. The van der Waals surface area contributed by atoms with E-state index in [1.54, 1.807) is 0 Å². The van der Waals surface area contributed by atoms with Gasteiger partial charge in [-0.15, -0.1) is 0 Å². The number of carbonyl (C=O) groups is 1. The van der Waals surface area contributed by atoms with Crippen molar-refractivity contribution in [2.75, 3.05) is 0 Å². The highest BCUT2D eigenvalue weighted by molar-refractivity contribution is 6.71. The Hall–Kier alpha value is -0.903. The number of carbonyl (C=O) groups excluding carboxylic acids is 1. The molecule has 1 heterocycles. The van der Waals surface area contributed by atoms with Gasteiger partial charge in [-0.2, -0.15) is 4.99 Å². The Bertz CT molecular complexity index is 408. The second kappa shape index (κ2) is 3.06. The molecule has 0 N–H and O–H groups in total. The van der Waals surface area contributed by atoms with Crippen LogP contribution < -0.4 is 0 Å². The number of rotatable bonds is 1. The smallest absolute Gasteiger partial charge is 0.253 e. The summed E-state index contributed by atoms with van der Waals surface area (Å²) in [7, 11) is -1.65. The molecule has 0 saturated heterocycles. The normalized spacial score (nSPS) is 40.2. The lowest BCUT2D eigenvalue weighted by Crippen LogP contribution is -2.34. The number of amides is 1. The minimum atomic E-state index is -1.65. The van der Waals surface area contributed by atoms with E-state index in [4.69, 9.17) is 4.43 Å². The number of allylic oxidation sites excluding steroid dienone is 2. The highest BCUT2D eigenvalue weighted by Gasteiger charge is 2.55. The third-order valence-electron chi connectivity index (χ3n) is 3.66. The van der Waals surface area contributed by atoms with Crippen LogP contribution in [-0.4, -0.2) is 20.1 Å². The van der Waals surface area contributed by atoms with Crippen LogP contribution in [0.2, 0.25) is 19.6 Å². The Morgan fingerprint density at radius 3 is 2.50 bits per heavy atom. The molecule has 0 aromatic rings. The predicted octanol–water partition coefficient (Wildman–Crippen LogP) is 2.21.